The summed E-state index contributed by atoms with van der Waals surface area (Å²) in [5.41, 5.74) is 0. The average Bonchev–Trinajstić information content (AvgIpc) is 2.54. The van der Waals surface area contributed by atoms with E-state index >= 15 is 0 Å². The molecule has 4 heteroatoms. The van der Waals surface area contributed by atoms with Crippen LogP contribution in [0.15, 0.2) is 16.7 Å². The molecule has 0 bridgehead atoms. The van der Waals surface area contributed by atoms with Crippen LogP contribution in [-0.4, -0.2) is 11.0 Å². The van der Waals surface area contributed by atoms with E-state index in [9.17, 15) is 0 Å². The largest absolute Gasteiger partial charge is 0.366 e. The highest BCUT2D eigenvalue weighted by Crippen LogP contribution is 2.34. The number of nitrogens with one attached hydrogen (secondary N) is 1. The standard InChI is InChI=1S/C12H16BrClN2/c1-7-3-4-11(8(7)2)16-12-10(14)5-9(13)6-15-12/h5-8,11H,3-4H2,1-2H3,(H,15,16). The van der Waals surface area contributed by atoms with Gasteiger partial charge in [0.25, 0.3) is 0 Å². The first-order valence-electron chi connectivity index (χ1n) is 5.65. The van der Waals surface area contributed by atoms with Crippen molar-refractivity contribution in [3.8, 4) is 0 Å². The minimum Gasteiger partial charge on any atom is -0.366 e. The zero-order valence-corrected chi connectivity index (χ0v) is 11.8. The van der Waals surface area contributed by atoms with Gasteiger partial charge in [0, 0.05) is 16.7 Å². The molecule has 1 fully saturated rings. The van der Waals surface area contributed by atoms with Crippen LogP contribution in [-0.2, 0) is 0 Å². The highest BCUT2D eigenvalue weighted by Gasteiger charge is 2.30. The number of hydrogen-bond acceptors (Lipinski definition) is 2. The Morgan fingerprint density at radius 1 is 1.44 bits per heavy atom. The lowest BCUT2D eigenvalue weighted by atomic mass is 9.98. The van der Waals surface area contributed by atoms with E-state index in [1.807, 2.05) is 6.07 Å². The lowest BCUT2D eigenvalue weighted by Gasteiger charge is -2.20. The van der Waals surface area contributed by atoms with Crippen LogP contribution in [0, 0.1) is 11.8 Å². The molecule has 0 aliphatic heterocycles. The van der Waals surface area contributed by atoms with Gasteiger partial charge in [0.1, 0.15) is 5.82 Å². The van der Waals surface area contributed by atoms with Crippen LogP contribution in [0.2, 0.25) is 5.02 Å². The van der Waals surface area contributed by atoms with Gasteiger partial charge < -0.3 is 5.32 Å². The summed E-state index contributed by atoms with van der Waals surface area (Å²) in [5.74, 6) is 2.27. The fourth-order valence-electron chi connectivity index (χ4n) is 2.26. The van der Waals surface area contributed by atoms with Crippen molar-refractivity contribution in [2.75, 3.05) is 5.32 Å². The van der Waals surface area contributed by atoms with Gasteiger partial charge in [-0.15, -0.1) is 0 Å². The molecule has 1 aromatic heterocycles. The summed E-state index contributed by atoms with van der Waals surface area (Å²) in [6, 6.07) is 2.38. The summed E-state index contributed by atoms with van der Waals surface area (Å²) >= 11 is 9.49. The number of hydrogen-bond donors (Lipinski definition) is 1. The SMILES string of the molecule is CC1CCC(Nc2ncc(Br)cc2Cl)C1C. The second-order valence-corrected chi connectivity index (χ2v) is 5.97. The van der Waals surface area contributed by atoms with Crippen LogP contribution < -0.4 is 5.32 Å². The van der Waals surface area contributed by atoms with Crippen molar-refractivity contribution in [2.45, 2.75) is 32.7 Å². The van der Waals surface area contributed by atoms with E-state index in [0.29, 0.717) is 17.0 Å². The van der Waals surface area contributed by atoms with E-state index in [1.165, 1.54) is 12.8 Å². The lowest BCUT2D eigenvalue weighted by Crippen LogP contribution is -2.24. The molecule has 1 N–H and O–H groups in total. The van der Waals surface area contributed by atoms with Gasteiger partial charge in [0.15, 0.2) is 0 Å². The van der Waals surface area contributed by atoms with Crippen LogP contribution in [0.5, 0.6) is 0 Å². The molecule has 3 atom stereocenters. The summed E-state index contributed by atoms with van der Waals surface area (Å²) < 4.78 is 0.913. The summed E-state index contributed by atoms with van der Waals surface area (Å²) in [6.07, 6.45) is 4.26. The van der Waals surface area contributed by atoms with Gasteiger partial charge in [0.05, 0.1) is 5.02 Å². The Bertz CT molecular complexity index is 383. The van der Waals surface area contributed by atoms with Gasteiger partial charge >= 0.3 is 0 Å². The highest BCUT2D eigenvalue weighted by molar-refractivity contribution is 9.10. The van der Waals surface area contributed by atoms with Crippen LogP contribution in [0.3, 0.4) is 0 Å². The zero-order valence-electron chi connectivity index (χ0n) is 9.50. The molecule has 0 saturated heterocycles. The molecule has 1 saturated carbocycles. The Hall–Kier alpha value is -0.280. The van der Waals surface area contributed by atoms with Gasteiger partial charge in [-0.2, -0.15) is 0 Å². The predicted octanol–water partition coefficient (Wildman–Crippen LogP) is 4.34. The van der Waals surface area contributed by atoms with Gasteiger partial charge in [-0.3, -0.25) is 0 Å². The Balaban J connectivity index is 2.09. The van der Waals surface area contributed by atoms with Crippen molar-refractivity contribution in [1.29, 1.82) is 0 Å². The normalized spacial score (nSPS) is 29.4. The summed E-state index contributed by atoms with van der Waals surface area (Å²) in [7, 11) is 0. The van der Waals surface area contributed by atoms with Crippen LogP contribution in [0.25, 0.3) is 0 Å². The topological polar surface area (TPSA) is 24.9 Å². The van der Waals surface area contributed by atoms with Crippen molar-refractivity contribution in [1.82, 2.24) is 4.98 Å². The molecule has 16 heavy (non-hydrogen) atoms. The molecule has 2 nitrogen and oxygen atoms in total. The van der Waals surface area contributed by atoms with Crippen molar-refractivity contribution in [3.63, 3.8) is 0 Å². The van der Waals surface area contributed by atoms with Gasteiger partial charge in [-0.05, 0) is 46.7 Å². The maximum absolute atomic E-state index is 6.14. The minimum absolute atomic E-state index is 0.501. The fourth-order valence-corrected chi connectivity index (χ4v) is 2.95. The van der Waals surface area contributed by atoms with Crippen molar-refractivity contribution in [2.24, 2.45) is 11.8 Å². The number of halogens is 2. The first-order chi connectivity index (χ1) is 7.58. The predicted molar refractivity (Wildman–Crippen MR) is 71.9 cm³/mol. The molecule has 1 heterocycles. The molecular weight excluding hydrogens is 288 g/mol. The van der Waals surface area contributed by atoms with Crippen LogP contribution in [0.1, 0.15) is 26.7 Å². The maximum atomic E-state index is 6.14. The Labute approximate surface area is 110 Å². The second kappa shape index (κ2) is 4.92. The number of pyridine rings is 1. The first-order valence-corrected chi connectivity index (χ1v) is 6.82. The third-order valence-corrected chi connectivity index (χ3v) is 4.32. The van der Waals surface area contributed by atoms with E-state index in [4.69, 9.17) is 11.6 Å². The van der Waals surface area contributed by atoms with E-state index in [2.05, 4.69) is 40.1 Å². The Morgan fingerprint density at radius 2 is 2.19 bits per heavy atom. The molecular formula is C12H16BrClN2. The molecule has 0 amide bonds. The van der Waals surface area contributed by atoms with Crippen LogP contribution >= 0.6 is 27.5 Å². The third-order valence-electron chi connectivity index (χ3n) is 3.60. The quantitative estimate of drug-likeness (QED) is 0.879. The molecule has 3 unspecified atom stereocenters. The average molecular weight is 304 g/mol. The van der Waals surface area contributed by atoms with Gasteiger partial charge in [0.2, 0.25) is 0 Å². The fraction of sp³-hybridized carbons (Fsp3) is 0.583. The lowest BCUT2D eigenvalue weighted by molar-refractivity contribution is 0.435. The van der Waals surface area contributed by atoms with Crippen molar-refractivity contribution in [3.05, 3.63) is 21.8 Å². The molecule has 0 aromatic carbocycles. The smallest absolute Gasteiger partial charge is 0.145 e. The maximum Gasteiger partial charge on any atom is 0.145 e. The second-order valence-electron chi connectivity index (χ2n) is 4.65. The Kier molecular flexibility index (Phi) is 3.75. The number of anilines is 1. The van der Waals surface area contributed by atoms with Crippen LogP contribution in [0.4, 0.5) is 5.82 Å². The first kappa shape index (κ1) is 12.2. The summed E-state index contributed by atoms with van der Waals surface area (Å²) in [5, 5.41) is 4.13. The zero-order chi connectivity index (χ0) is 11.7. The number of aromatic nitrogens is 1. The minimum atomic E-state index is 0.501. The van der Waals surface area contributed by atoms with Crippen molar-refractivity contribution < 1.29 is 0 Å². The summed E-state index contributed by atoms with van der Waals surface area (Å²) in [4.78, 5) is 4.31. The van der Waals surface area contributed by atoms with E-state index in [-0.39, 0.29) is 0 Å². The molecule has 0 radical (unpaired) electrons. The number of nitrogens with zero attached hydrogens (tertiary/aromatic N) is 1. The van der Waals surface area contributed by atoms with Crippen molar-refractivity contribution >= 4 is 33.3 Å². The number of rotatable bonds is 2. The van der Waals surface area contributed by atoms with E-state index in [0.717, 1.165) is 16.2 Å². The Morgan fingerprint density at radius 3 is 2.75 bits per heavy atom. The molecule has 2 rings (SSSR count). The molecule has 1 aromatic rings. The molecule has 88 valence electrons. The van der Waals surface area contributed by atoms with E-state index in [1.54, 1.807) is 6.20 Å². The highest BCUT2D eigenvalue weighted by atomic mass is 79.9. The van der Waals surface area contributed by atoms with Gasteiger partial charge in [-0.25, -0.2) is 4.98 Å². The van der Waals surface area contributed by atoms with Gasteiger partial charge in [-0.1, -0.05) is 25.4 Å². The third kappa shape index (κ3) is 2.51. The molecule has 1 aliphatic rings. The molecule has 0 spiro atoms. The summed E-state index contributed by atoms with van der Waals surface area (Å²) in [6.45, 7) is 4.60. The van der Waals surface area contributed by atoms with E-state index < -0.39 is 0 Å². The molecule has 1 aliphatic carbocycles. The monoisotopic (exact) mass is 302 g/mol.